The molecular weight excluding hydrogens is 227 g/mol. The maximum atomic E-state index is 7.00. The van der Waals surface area contributed by atoms with Crippen LogP contribution in [-0.2, 0) is 17.1 Å². The van der Waals surface area contributed by atoms with Crippen LogP contribution in [0.5, 0.6) is 0 Å². The van der Waals surface area contributed by atoms with E-state index in [1.807, 2.05) is 0 Å². The van der Waals surface area contributed by atoms with Crippen molar-refractivity contribution < 1.29 is 62.9 Å². The van der Waals surface area contributed by atoms with Gasteiger partial charge >= 0.3 is 0 Å². The van der Waals surface area contributed by atoms with Crippen LogP contribution in [0.25, 0.3) is 0 Å². The molecular formula is H3BFeNdO. The molecule has 0 amide bonds. The fourth-order valence-corrected chi connectivity index (χ4v) is 0. The van der Waals surface area contributed by atoms with E-state index >= 15 is 0 Å². The quantitative estimate of drug-likeness (QED) is 0.503. The zero-order valence-corrected chi connectivity index (χ0v) is 6.61. The molecule has 1 N–H and O–H groups in total. The van der Waals surface area contributed by atoms with Crippen molar-refractivity contribution >= 4 is 8.05 Å². The Morgan fingerprint density at radius 1 is 1.25 bits per heavy atom. The van der Waals surface area contributed by atoms with Crippen molar-refractivity contribution in [1.29, 1.82) is 0 Å². The van der Waals surface area contributed by atoms with Gasteiger partial charge in [-0.1, -0.05) is 0 Å². The van der Waals surface area contributed by atoms with Crippen LogP contribution in [0.4, 0.5) is 0 Å². The summed E-state index contributed by atoms with van der Waals surface area (Å²) in [5, 5.41) is 7.00. The van der Waals surface area contributed by atoms with E-state index in [-0.39, 0.29) is 57.9 Å². The van der Waals surface area contributed by atoms with Crippen molar-refractivity contribution in [2.45, 2.75) is 0 Å². The molecule has 24 valence electrons. The Morgan fingerprint density at radius 3 is 1.25 bits per heavy atom. The summed E-state index contributed by atoms with van der Waals surface area (Å²) in [6, 6.07) is 0. The average molecular weight is 230 g/mol. The van der Waals surface area contributed by atoms with Gasteiger partial charge in [-0.25, -0.2) is 0 Å². The first-order chi connectivity index (χ1) is 1.00. The zero-order chi connectivity index (χ0) is 2.00. The summed E-state index contributed by atoms with van der Waals surface area (Å²) in [6.45, 7) is 0. The molecule has 0 rings (SSSR count). The number of hydrogen-bond donors (Lipinski definition) is 1. The van der Waals surface area contributed by atoms with Gasteiger partial charge in [0.1, 0.15) is 0 Å². The van der Waals surface area contributed by atoms with E-state index in [0.29, 0.717) is 0 Å². The maximum absolute atomic E-state index is 7.00. The van der Waals surface area contributed by atoms with Gasteiger partial charge < -0.3 is 5.02 Å². The Kier molecular flexibility index (Phi) is 87.1. The molecule has 0 aliphatic heterocycles. The van der Waals surface area contributed by atoms with Gasteiger partial charge in [0.25, 0.3) is 8.05 Å². The molecule has 0 aliphatic rings. The number of rotatable bonds is 0. The molecule has 0 unspecified atom stereocenters. The molecule has 4 heteroatoms. The van der Waals surface area contributed by atoms with Crippen LogP contribution in [0.2, 0.25) is 0 Å². The van der Waals surface area contributed by atoms with Crippen molar-refractivity contribution in [3.8, 4) is 0 Å². The first kappa shape index (κ1) is 16.9. The third kappa shape index (κ3) is 9.09. The van der Waals surface area contributed by atoms with Crippen molar-refractivity contribution in [3.63, 3.8) is 0 Å². The molecule has 0 heterocycles. The Balaban J connectivity index is -0.00000000500. The summed E-state index contributed by atoms with van der Waals surface area (Å²) in [4.78, 5) is 0. The summed E-state index contributed by atoms with van der Waals surface area (Å²) >= 11 is 0. The standard InChI is InChI=1S/BH3O.Fe.Nd/c1-2;;/h2H,1H2;;. The van der Waals surface area contributed by atoms with Crippen molar-refractivity contribution in [2.24, 2.45) is 0 Å². The Morgan fingerprint density at radius 2 is 1.25 bits per heavy atom. The smallest absolute Gasteiger partial charge is 0.252 e. The van der Waals surface area contributed by atoms with E-state index in [1.54, 1.807) is 0 Å². The Hall–Kier alpha value is 1.90. The first-order valence-corrected chi connectivity index (χ1v) is 0.447. The SMILES string of the molecule is BO.[Fe].[Nd]. The van der Waals surface area contributed by atoms with Crippen LogP contribution in [0.3, 0.4) is 0 Å². The topological polar surface area (TPSA) is 20.2 Å². The average Bonchev–Trinajstić information content (AvgIpc) is 1.00. The molecule has 0 bridgehead atoms. The summed E-state index contributed by atoms with van der Waals surface area (Å²) in [6.07, 6.45) is 0. The van der Waals surface area contributed by atoms with Crippen LogP contribution in [0.15, 0.2) is 0 Å². The molecule has 0 aromatic carbocycles. The fourth-order valence-electron chi connectivity index (χ4n) is 0. The van der Waals surface area contributed by atoms with Crippen LogP contribution in [0.1, 0.15) is 0 Å². The van der Waals surface area contributed by atoms with Gasteiger partial charge in [0, 0.05) is 57.9 Å². The predicted molar refractivity (Wildman–Crippen MR) is 10.8 cm³/mol. The van der Waals surface area contributed by atoms with Crippen LogP contribution >= 0.6 is 0 Å². The van der Waals surface area contributed by atoms with Crippen molar-refractivity contribution in [3.05, 3.63) is 0 Å². The maximum Gasteiger partial charge on any atom is 0.252 e. The summed E-state index contributed by atoms with van der Waals surface area (Å²) in [5.74, 6) is 0. The van der Waals surface area contributed by atoms with E-state index < -0.39 is 0 Å². The molecule has 0 aromatic rings. The second kappa shape index (κ2) is 20.7. The van der Waals surface area contributed by atoms with E-state index in [2.05, 4.69) is 0 Å². The van der Waals surface area contributed by atoms with Gasteiger partial charge in [0.05, 0.1) is 0 Å². The fraction of sp³-hybridized carbons (Fsp3) is 0. The molecule has 4 heavy (non-hydrogen) atoms. The normalized spacial score (nSPS) is 1.25. The minimum absolute atomic E-state index is 0. The molecule has 0 aromatic heterocycles. The van der Waals surface area contributed by atoms with E-state index in [0.717, 1.165) is 8.05 Å². The third-order valence-electron chi connectivity index (χ3n) is 0. The van der Waals surface area contributed by atoms with Crippen molar-refractivity contribution in [1.82, 2.24) is 0 Å². The summed E-state index contributed by atoms with van der Waals surface area (Å²) < 4.78 is 0. The molecule has 0 aliphatic carbocycles. The first-order valence-electron chi connectivity index (χ1n) is 0.447. The second-order valence-electron chi connectivity index (χ2n) is 0. The monoisotopic (exact) mass is 228 g/mol. The van der Waals surface area contributed by atoms with Crippen LogP contribution in [-0.4, -0.2) is 13.1 Å². The second-order valence-corrected chi connectivity index (χ2v) is 0. The third-order valence-corrected chi connectivity index (χ3v) is 0. The van der Waals surface area contributed by atoms with E-state index in [4.69, 9.17) is 5.02 Å². The Labute approximate surface area is 70.0 Å². The molecule has 0 spiro atoms. The summed E-state index contributed by atoms with van der Waals surface area (Å²) in [7, 11) is 1.00. The van der Waals surface area contributed by atoms with Gasteiger partial charge in [-0.15, -0.1) is 0 Å². The van der Waals surface area contributed by atoms with Gasteiger partial charge in [-0.2, -0.15) is 0 Å². The van der Waals surface area contributed by atoms with Gasteiger partial charge in [0.2, 0.25) is 0 Å². The predicted octanol–water partition coefficient (Wildman–Crippen LogP) is -1.48. The summed E-state index contributed by atoms with van der Waals surface area (Å²) in [5.41, 5.74) is 0. The molecule has 0 fully saturated rings. The van der Waals surface area contributed by atoms with Crippen LogP contribution < -0.4 is 0 Å². The van der Waals surface area contributed by atoms with Crippen molar-refractivity contribution in [2.75, 3.05) is 0 Å². The van der Waals surface area contributed by atoms with Gasteiger partial charge in [0.15, 0.2) is 0 Å². The minimum atomic E-state index is 0. The number of hydrogen-bond acceptors (Lipinski definition) is 1. The molecule has 0 radical (unpaired) electrons. The Bertz CT molecular complexity index is 8.00. The molecule has 0 atom stereocenters. The van der Waals surface area contributed by atoms with Gasteiger partial charge in [-0.3, -0.25) is 0 Å². The zero-order valence-electron chi connectivity index (χ0n) is 2.30. The van der Waals surface area contributed by atoms with E-state index in [1.165, 1.54) is 0 Å². The minimum Gasteiger partial charge on any atom is -0.458 e. The molecule has 0 saturated carbocycles. The van der Waals surface area contributed by atoms with E-state index in [9.17, 15) is 0 Å². The molecule has 0 saturated heterocycles. The largest absolute Gasteiger partial charge is 0.458 e. The molecule has 1 nitrogen and oxygen atoms in total. The van der Waals surface area contributed by atoms with Crippen LogP contribution in [0, 0.1) is 40.8 Å². The van der Waals surface area contributed by atoms with Gasteiger partial charge in [-0.05, 0) is 0 Å².